The van der Waals surface area contributed by atoms with E-state index in [1.807, 2.05) is 38.1 Å². The van der Waals surface area contributed by atoms with Crippen LogP contribution in [0.3, 0.4) is 0 Å². The Labute approximate surface area is 132 Å². The van der Waals surface area contributed by atoms with E-state index in [0.29, 0.717) is 12.8 Å². The van der Waals surface area contributed by atoms with Crippen molar-refractivity contribution >= 4 is 28.6 Å². The maximum atomic E-state index is 12.0. The third-order valence-electron chi connectivity index (χ3n) is 3.68. The number of hydrogen-bond acceptors (Lipinski definition) is 4. The number of rotatable bonds is 4. The first-order valence-corrected chi connectivity index (χ1v) is 7.82. The Morgan fingerprint density at radius 3 is 2.50 bits per heavy atom. The number of esters is 1. The van der Waals surface area contributed by atoms with Gasteiger partial charge in [-0.05, 0) is 47.1 Å². The minimum absolute atomic E-state index is 0.390. The lowest BCUT2D eigenvalue weighted by molar-refractivity contribution is -0.187. The van der Waals surface area contributed by atoms with E-state index in [2.05, 4.69) is 22.6 Å². The monoisotopic (exact) mass is 390 g/mol. The van der Waals surface area contributed by atoms with Crippen molar-refractivity contribution < 1.29 is 19.0 Å². The maximum absolute atomic E-state index is 12.0. The average Bonchev–Trinajstić information content (AvgIpc) is 2.87. The van der Waals surface area contributed by atoms with E-state index in [-0.39, 0.29) is 0 Å². The van der Waals surface area contributed by atoms with Gasteiger partial charge >= 0.3 is 5.97 Å². The summed E-state index contributed by atoms with van der Waals surface area (Å²) in [4.78, 5) is 12.0. The second kappa shape index (κ2) is 6.41. The van der Waals surface area contributed by atoms with Gasteiger partial charge in [-0.3, -0.25) is 0 Å². The van der Waals surface area contributed by atoms with Crippen LogP contribution in [-0.4, -0.2) is 25.0 Å². The van der Waals surface area contributed by atoms with Crippen LogP contribution in [0.4, 0.5) is 0 Å². The number of ether oxygens (including phenoxy) is 3. The Balaban J connectivity index is 2.38. The van der Waals surface area contributed by atoms with E-state index in [1.54, 1.807) is 0 Å². The van der Waals surface area contributed by atoms with E-state index >= 15 is 0 Å². The van der Waals surface area contributed by atoms with Crippen LogP contribution >= 0.6 is 22.6 Å². The summed E-state index contributed by atoms with van der Waals surface area (Å²) in [6, 6.07) is 7.85. The zero-order valence-electron chi connectivity index (χ0n) is 11.9. The van der Waals surface area contributed by atoms with Crippen molar-refractivity contribution in [2.24, 2.45) is 0 Å². The lowest BCUT2D eigenvalue weighted by Crippen LogP contribution is -2.32. The molecule has 0 spiro atoms. The van der Waals surface area contributed by atoms with Crippen molar-refractivity contribution in [3.63, 3.8) is 0 Å². The fourth-order valence-corrected chi connectivity index (χ4v) is 3.11. The number of carbonyl (C=O) groups is 1. The van der Waals surface area contributed by atoms with Gasteiger partial charge in [0.25, 0.3) is 0 Å². The summed E-state index contributed by atoms with van der Waals surface area (Å²) in [5.74, 6) is -1.10. The van der Waals surface area contributed by atoms with Crippen LogP contribution in [0.2, 0.25) is 0 Å². The SMILES string of the molecule is CCC1(CC)O[C@@H](C(=O)OC)[C@H](c2ccccc2I)O1. The first-order valence-electron chi connectivity index (χ1n) is 6.74. The topological polar surface area (TPSA) is 44.8 Å². The van der Waals surface area contributed by atoms with Crippen LogP contribution in [0.25, 0.3) is 0 Å². The second-order valence-electron chi connectivity index (χ2n) is 4.74. The molecule has 0 amide bonds. The van der Waals surface area contributed by atoms with Crippen molar-refractivity contribution in [3.8, 4) is 0 Å². The minimum Gasteiger partial charge on any atom is -0.467 e. The van der Waals surface area contributed by atoms with Gasteiger partial charge < -0.3 is 14.2 Å². The molecule has 0 saturated carbocycles. The fourth-order valence-electron chi connectivity index (χ4n) is 2.42. The maximum Gasteiger partial charge on any atom is 0.338 e. The number of benzene rings is 1. The molecule has 1 aromatic carbocycles. The van der Waals surface area contributed by atoms with E-state index in [9.17, 15) is 4.79 Å². The molecule has 0 aromatic heterocycles. The predicted molar refractivity (Wildman–Crippen MR) is 83.2 cm³/mol. The number of halogens is 1. The molecule has 1 aliphatic heterocycles. The second-order valence-corrected chi connectivity index (χ2v) is 5.90. The zero-order chi connectivity index (χ0) is 14.8. The molecule has 20 heavy (non-hydrogen) atoms. The summed E-state index contributed by atoms with van der Waals surface area (Å²) < 4.78 is 18.0. The fraction of sp³-hybridized carbons (Fsp3) is 0.533. The van der Waals surface area contributed by atoms with Crippen LogP contribution in [0.15, 0.2) is 24.3 Å². The van der Waals surface area contributed by atoms with Gasteiger partial charge in [-0.2, -0.15) is 0 Å². The summed E-state index contributed by atoms with van der Waals surface area (Å²) in [5, 5.41) is 0. The summed E-state index contributed by atoms with van der Waals surface area (Å²) in [5.41, 5.74) is 0.965. The summed E-state index contributed by atoms with van der Waals surface area (Å²) >= 11 is 2.24. The average molecular weight is 390 g/mol. The Morgan fingerprint density at radius 2 is 1.95 bits per heavy atom. The minimum atomic E-state index is -0.712. The largest absolute Gasteiger partial charge is 0.467 e. The van der Waals surface area contributed by atoms with Crippen LogP contribution in [0.5, 0.6) is 0 Å². The van der Waals surface area contributed by atoms with E-state index in [0.717, 1.165) is 9.13 Å². The van der Waals surface area contributed by atoms with E-state index in [4.69, 9.17) is 14.2 Å². The molecule has 0 bridgehead atoms. The first kappa shape index (κ1) is 15.7. The van der Waals surface area contributed by atoms with Gasteiger partial charge in [0.15, 0.2) is 11.9 Å². The molecule has 2 atom stereocenters. The van der Waals surface area contributed by atoms with Gasteiger partial charge in [0.2, 0.25) is 0 Å². The van der Waals surface area contributed by atoms with Crippen molar-refractivity contribution in [1.29, 1.82) is 0 Å². The van der Waals surface area contributed by atoms with Gasteiger partial charge in [0.05, 0.1) is 7.11 Å². The molecule has 5 heteroatoms. The Kier molecular flexibility index (Phi) is 5.04. The highest BCUT2D eigenvalue weighted by atomic mass is 127. The molecule has 0 aliphatic carbocycles. The molecule has 1 fully saturated rings. The molecule has 1 aromatic rings. The summed E-state index contributed by atoms with van der Waals surface area (Å²) in [6.07, 6.45) is 0.250. The molecule has 1 heterocycles. The molecular weight excluding hydrogens is 371 g/mol. The highest BCUT2D eigenvalue weighted by Gasteiger charge is 2.50. The first-order chi connectivity index (χ1) is 9.56. The van der Waals surface area contributed by atoms with Crippen molar-refractivity contribution in [2.45, 2.75) is 44.7 Å². The molecule has 110 valence electrons. The zero-order valence-corrected chi connectivity index (χ0v) is 14.0. The lowest BCUT2D eigenvalue weighted by atomic mass is 10.0. The Morgan fingerprint density at radius 1 is 1.30 bits per heavy atom. The number of methoxy groups -OCH3 is 1. The number of carbonyl (C=O) groups excluding carboxylic acids is 1. The molecule has 2 rings (SSSR count). The molecule has 0 unspecified atom stereocenters. The predicted octanol–water partition coefficient (Wildman–Crippen LogP) is 3.44. The highest BCUT2D eigenvalue weighted by molar-refractivity contribution is 14.1. The third kappa shape index (κ3) is 2.84. The standard InChI is InChI=1S/C15H19IO4/c1-4-15(5-2)19-12(13(20-15)14(17)18-3)10-8-6-7-9-11(10)16/h6-9,12-13H,4-5H2,1-3H3/t12-,13+/m0/s1. The quantitative estimate of drug-likeness (QED) is 0.584. The van der Waals surface area contributed by atoms with Gasteiger partial charge in [0.1, 0.15) is 6.10 Å². The smallest absolute Gasteiger partial charge is 0.338 e. The van der Waals surface area contributed by atoms with Gasteiger partial charge in [0, 0.05) is 3.57 Å². The van der Waals surface area contributed by atoms with Gasteiger partial charge in [-0.15, -0.1) is 0 Å². The third-order valence-corrected chi connectivity index (χ3v) is 4.66. The van der Waals surface area contributed by atoms with Crippen LogP contribution in [0, 0.1) is 3.57 Å². The Hall–Kier alpha value is -0.660. The molecular formula is C15H19IO4. The molecule has 1 saturated heterocycles. The van der Waals surface area contributed by atoms with Crippen molar-refractivity contribution in [1.82, 2.24) is 0 Å². The van der Waals surface area contributed by atoms with Crippen LogP contribution in [0.1, 0.15) is 38.4 Å². The van der Waals surface area contributed by atoms with Crippen molar-refractivity contribution in [3.05, 3.63) is 33.4 Å². The van der Waals surface area contributed by atoms with Gasteiger partial charge in [-0.1, -0.05) is 32.0 Å². The molecule has 4 nitrogen and oxygen atoms in total. The Bertz CT molecular complexity index is 485. The van der Waals surface area contributed by atoms with Gasteiger partial charge in [-0.25, -0.2) is 4.79 Å². The summed E-state index contributed by atoms with van der Waals surface area (Å²) in [6.45, 7) is 3.99. The highest BCUT2D eigenvalue weighted by Crippen LogP contribution is 2.43. The van der Waals surface area contributed by atoms with E-state index < -0.39 is 24.0 Å². The molecule has 0 radical (unpaired) electrons. The van der Waals surface area contributed by atoms with Crippen molar-refractivity contribution in [2.75, 3.05) is 7.11 Å². The molecule has 0 N–H and O–H groups in total. The van der Waals surface area contributed by atoms with E-state index in [1.165, 1.54) is 7.11 Å². The normalized spacial score (nSPS) is 24.6. The summed E-state index contributed by atoms with van der Waals surface area (Å²) in [7, 11) is 1.37. The lowest BCUT2D eigenvalue weighted by Gasteiger charge is -2.25. The molecule has 1 aliphatic rings. The number of hydrogen-bond donors (Lipinski definition) is 0. The van der Waals surface area contributed by atoms with Crippen LogP contribution in [-0.2, 0) is 19.0 Å². The van der Waals surface area contributed by atoms with Crippen LogP contribution < -0.4 is 0 Å².